The van der Waals surface area contributed by atoms with E-state index in [2.05, 4.69) is 4.90 Å². The monoisotopic (exact) mass is 477 g/mol. The number of carbonyl (C=O) groups is 1. The molecule has 0 aliphatic carbocycles. The number of benzene rings is 3. The number of anilines is 2. The lowest BCUT2D eigenvalue weighted by molar-refractivity contribution is 0.0723. The van der Waals surface area contributed by atoms with Crippen LogP contribution in [0.15, 0.2) is 60.7 Å². The average molecular weight is 479 g/mol. The Hall–Kier alpha value is -2.47. The highest BCUT2D eigenvalue weighted by atomic mass is 35.5. The van der Waals surface area contributed by atoms with Crippen LogP contribution in [0.2, 0.25) is 15.1 Å². The molecule has 8 heteroatoms. The van der Waals surface area contributed by atoms with E-state index in [9.17, 15) is 9.18 Å². The molecule has 1 atom stereocenters. The molecule has 1 amide bonds. The molecule has 3 aromatic rings. The molecule has 3 aromatic carbocycles. The third kappa shape index (κ3) is 4.59. The van der Waals surface area contributed by atoms with Crippen molar-refractivity contribution >= 4 is 52.1 Å². The average Bonchev–Trinajstić information content (AvgIpc) is 2.74. The molecule has 0 radical (unpaired) electrons. The van der Waals surface area contributed by atoms with E-state index in [0.717, 1.165) is 17.3 Å². The Kier molecular flexibility index (Phi) is 6.28. The van der Waals surface area contributed by atoms with E-state index in [1.54, 1.807) is 17.0 Å². The van der Waals surface area contributed by atoms with Gasteiger partial charge in [-0.05, 0) is 54.1 Å². The molecule has 1 aliphatic heterocycles. The van der Waals surface area contributed by atoms with Crippen LogP contribution in [0.4, 0.5) is 15.8 Å². The summed E-state index contributed by atoms with van der Waals surface area (Å²) in [5.74, 6) is -0.714. The fourth-order valence-electron chi connectivity index (χ4n) is 3.84. The first-order valence-corrected chi connectivity index (χ1v) is 10.8. The minimum absolute atomic E-state index is 0.121. The summed E-state index contributed by atoms with van der Waals surface area (Å²) in [5.41, 5.74) is 8.13. The van der Waals surface area contributed by atoms with Crippen LogP contribution in [-0.4, -0.2) is 30.4 Å². The van der Waals surface area contributed by atoms with Crippen LogP contribution in [0, 0.1) is 5.82 Å². The molecule has 0 spiro atoms. The highest BCUT2D eigenvalue weighted by Crippen LogP contribution is 2.37. The van der Waals surface area contributed by atoms with Gasteiger partial charge in [0.2, 0.25) is 0 Å². The van der Waals surface area contributed by atoms with Crippen molar-refractivity contribution in [2.24, 2.45) is 0 Å². The molecule has 160 valence electrons. The van der Waals surface area contributed by atoms with Crippen LogP contribution in [0.25, 0.3) is 0 Å². The second-order valence-electron chi connectivity index (χ2n) is 7.34. The first-order chi connectivity index (χ1) is 14.8. The van der Waals surface area contributed by atoms with Gasteiger partial charge in [0.25, 0.3) is 5.91 Å². The smallest absolute Gasteiger partial charge is 0.256 e. The van der Waals surface area contributed by atoms with Gasteiger partial charge in [0, 0.05) is 35.4 Å². The molecule has 0 aromatic heterocycles. The first kappa shape index (κ1) is 21.8. The van der Waals surface area contributed by atoms with E-state index in [1.165, 1.54) is 12.1 Å². The Balaban J connectivity index is 1.68. The fraction of sp³-hybridized carbons (Fsp3) is 0.174. The maximum Gasteiger partial charge on any atom is 0.256 e. The summed E-state index contributed by atoms with van der Waals surface area (Å²) in [7, 11) is 0. The van der Waals surface area contributed by atoms with Gasteiger partial charge in [-0.1, -0.05) is 46.9 Å². The van der Waals surface area contributed by atoms with Crippen molar-refractivity contribution in [1.82, 2.24) is 4.90 Å². The van der Waals surface area contributed by atoms with Crippen LogP contribution in [0.3, 0.4) is 0 Å². The van der Waals surface area contributed by atoms with Crippen molar-refractivity contribution in [2.45, 2.75) is 6.04 Å². The Morgan fingerprint density at radius 3 is 2.32 bits per heavy atom. The maximum absolute atomic E-state index is 13.4. The van der Waals surface area contributed by atoms with Gasteiger partial charge in [0.1, 0.15) is 5.82 Å². The number of amides is 1. The molecule has 2 N–H and O–H groups in total. The van der Waals surface area contributed by atoms with E-state index in [4.69, 9.17) is 40.5 Å². The van der Waals surface area contributed by atoms with Gasteiger partial charge < -0.3 is 15.5 Å². The van der Waals surface area contributed by atoms with Gasteiger partial charge in [0.05, 0.1) is 22.3 Å². The van der Waals surface area contributed by atoms with Crippen molar-refractivity contribution in [3.63, 3.8) is 0 Å². The van der Waals surface area contributed by atoms with Gasteiger partial charge in [-0.25, -0.2) is 4.39 Å². The van der Waals surface area contributed by atoms with E-state index in [0.29, 0.717) is 34.7 Å². The van der Waals surface area contributed by atoms with E-state index in [-0.39, 0.29) is 23.2 Å². The van der Waals surface area contributed by atoms with Crippen LogP contribution in [-0.2, 0) is 0 Å². The highest BCUT2D eigenvalue weighted by molar-refractivity contribution is 6.36. The number of rotatable bonds is 3. The third-order valence-corrected chi connectivity index (χ3v) is 6.18. The Bertz CT molecular complexity index is 1120. The second kappa shape index (κ2) is 8.95. The predicted molar refractivity (Wildman–Crippen MR) is 125 cm³/mol. The quantitative estimate of drug-likeness (QED) is 0.465. The minimum atomic E-state index is -0.477. The summed E-state index contributed by atoms with van der Waals surface area (Å²) in [6, 6.07) is 16.5. The summed E-state index contributed by atoms with van der Waals surface area (Å²) in [5, 5.41) is 1.72. The zero-order chi connectivity index (χ0) is 22.1. The van der Waals surface area contributed by atoms with Gasteiger partial charge in [-0.2, -0.15) is 0 Å². The predicted octanol–water partition coefficient (Wildman–Crippen LogP) is 6.07. The Labute approximate surface area is 194 Å². The van der Waals surface area contributed by atoms with Crippen molar-refractivity contribution in [2.75, 3.05) is 30.3 Å². The van der Waals surface area contributed by atoms with Crippen LogP contribution < -0.4 is 10.6 Å². The normalized spacial score (nSPS) is 16.5. The number of hydrogen-bond donors (Lipinski definition) is 1. The van der Waals surface area contributed by atoms with Crippen LogP contribution >= 0.6 is 34.8 Å². The molecule has 4 rings (SSSR count). The minimum Gasteiger partial charge on any atom is -0.398 e. The molecule has 31 heavy (non-hydrogen) atoms. The topological polar surface area (TPSA) is 49.6 Å². The van der Waals surface area contributed by atoms with Gasteiger partial charge in [0.15, 0.2) is 0 Å². The summed E-state index contributed by atoms with van der Waals surface area (Å²) in [4.78, 5) is 17.0. The zero-order valence-electron chi connectivity index (χ0n) is 16.4. The lowest BCUT2D eigenvalue weighted by Gasteiger charge is -2.43. The molecule has 4 nitrogen and oxygen atoms in total. The molecular weight excluding hydrogens is 460 g/mol. The number of nitrogens with two attached hydrogens (primary N) is 1. The molecule has 0 bridgehead atoms. The van der Waals surface area contributed by atoms with Gasteiger partial charge in [-0.15, -0.1) is 0 Å². The molecule has 1 saturated heterocycles. The van der Waals surface area contributed by atoms with E-state index >= 15 is 0 Å². The standard InChI is InChI=1S/C23H19Cl3FN3O/c24-15-3-1-14(2-4-15)22-13-29(23(31)18-7-6-17(27)12-20(18)28)9-10-30(22)21-8-5-16(25)11-19(21)26/h1-8,11-12,22H,9-10,13,28H2. The molecule has 0 saturated carbocycles. The maximum atomic E-state index is 13.4. The summed E-state index contributed by atoms with van der Waals surface area (Å²) in [6.07, 6.45) is 0. The van der Waals surface area contributed by atoms with Crippen LogP contribution in [0.5, 0.6) is 0 Å². The fourth-order valence-corrected chi connectivity index (χ4v) is 4.48. The number of halogens is 4. The third-order valence-electron chi connectivity index (χ3n) is 5.39. The first-order valence-electron chi connectivity index (χ1n) is 9.65. The molecule has 1 aliphatic rings. The molecule has 1 fully saturated rings. The van der Waals surface area contributed by atoms with Crippen LogP contribution in [0.1, 0.15) is 22.0 Å². The number of carbonyl (C=O) groups excluding carboxylic acids is 1. The lowest BCUT2D eigenvalue weighted by atomic mass is 10.00. The second-order valence-corrected chi connectivity index (χ2v) is 8.62. The van der Waals surface area contributed by atoms with Gasteiger partial charge in [-0.3, -0.25) is 4.79 Å². The summed E-state index contributed by atoms with van der Waals surface area (Å²) in [6.45, 7) is 1.40. The SMILES string of the molecule is Nc1cc(F)ccc1C(=O)N1CCN(c2ccc(Cl)cc2Cl)C(c2ccc(Cl)cc2)C1. The largest absolute Gasteiger partial charge is 0.398 e. The Morgan fingerprint density at radius 1 is 0.935 bits per heavy atom. The number of nitrogens with zero attached hydrogens (tertiary/aromatic N) is 2. The van der Waals surface area contributed by atoms with Crippen molar-refractivity contribution < 1.29 is 9.18 Å². The van der Waals surface area contributed by atoms with Crippen molar-refractivity contribution in [3.8, 4) is 0 Å². The van der Waals surface area contributed by atoms with Gasteiger partial charge >= 0.3 is 0 Å². The summed E-state index contributed by atoms with van der Waals surface area (Å²) >= 11 is 18.6. The zero-order valence-corrected chi connectivity index (χ0v) is 18.6. The lowest BCUT2D eigenvalue weighted by Crippen LogP contribution is -2.50. The van der Waals surface area contributed by atoms with E-state index in [1.807, 2.05) is 30.3 Å². The van der Waals surface area contributed by atoms with Crippen molar-refractivity contribution in [1.29, 1.82) is 0 Å². The summed E-state index contributed by atoms with van der Waals surface area (Å²) < 4.78 is 13.4. The molecule has 1 unspecified atom stereocenters. The van der Waals surface area contributed by atoms with E-state index < -0.39 is 5.82 Å². The number of nitrogen functional groups attached to an aromatic ring is 1. The molecule has 1 heterocycles. The van der Waals surface area contributed by atoms with Crippen molar-refractivity contribution in [3.05, 3.63) is 92.7 Å². The highest BCUT2D eigenvalue weighted by Gasteiger charge is 2.32. The number of hydrogen-bond acceptors (Lipinski definition) is 3. The molecular formula is C23H19Cl3FN3O. The Morgan fingerprint density at radius 2 is 1.65 bits per heavy atom. The number of piperazine rings is 1.